The van der Waals surface area contributed by atoms with E-state index in [1.54, 1.807) is 0 Å². The largest absolute Gasteiger partial charge is 0.261 e. The molecule has 0 amide bonds. The van der Waals surface area contributed by atoms with Gasteiger partial charge in [-0.1, -0.05) is 13.0 Å². The topological polar surface area (TPSA) is 12.9 Å². The van der Waals surface area contributed by atoms with Crippen molar-refractivity contribution in [2.24, 2.45) is 5.92 Å². The average molecular weight is 207 g/mol. The summed E-state index contributed by atoms with van der Waals surface area (Å²) < 4.78 is 0. The minimum absolute atomic E-state index is 0.729. The number of nitrogens with zero attached hydrogens (tertiary/aromatic N) is 1. The van der Waals surface area contributed by atoms with E-state index in [1.165, 1.54) is 28.3 Å². The zero-order valence-electron chi connectivity index (χ0n) is 9.08. The highest BCUT2D eigenvalue weighted by molar-refractivity contribution is 7.99. The van der Waals surface area contributed by atoms with Gasteiger partial charge in [0.2, 0.25) is 0 Å². The third-order valence-electron chi connectivity index (χ3n) is 3.03. The van der Waals surface area contributed by atoms with Gasteiger partial charge in [-0.25, -0.2) is 0 Å². The van der Waals surface area contributed by atoms with Gasteiger partial charge >= 0.3 is 0 Å². The van der Waals surface area contributed by atoms with Crippen molar-refractivity contribution in [2.45, 2.75) is 26.7 Å². The summed E-state index contributed by atoms with van der Waals surface area (Å²) >= 11 is 2.07. The number of hydrogen-bond donors (Lipinski definition) is 0. The summed E-state index contributed by atoms with van der Waals surface area (Å²) in [4.78, 5) is 4.45. The third-order valence-corrected chi connectivity index (χ3v) is 4.38. The van der Waals surface area contributed by atoms with E-state index in [1.807, 2.05) is 6.20 Å². The Bertz CT molecular complexity index is 335. The lowest BCUT2D eigenvalue weighted by Gasteiger charge is -2.17. The Kier molecular flexibility index (Phi) is 2.82. The molecule has 0 aromatic carbocycles. The Morgan fingerprint density at radius 2 is 2.14 bits per heavy atom. The van der Waals surface area contributed by atoms with Gasteiger partial charge in [0.1, 0.15) is 0 Å². The molecule has 0 spiro atoms. The van der Waals surface area contributed by atoms with E-state index < -0.39 is 0 Å². The molecule has 0 bridgehead atoms. The highest BCUT2D eigenvalue weighted by Gasteiger charge is 2.26. The summed E-state index contributed by atoms with van der Waals surface area (Å²) in [6, 6.07) is 2.31. The van der Waals surface area contributed by atoms with E-state index >= 15 is 0 Å². The maximum absolute atomic E-state index is 4.45. The predicted molar refractivity (Wildman–Crippen MR) is 62.9 cm³/mol. The SMILES string of the molecule is Cc1cnc(C)c(C2CSC[C@H]2C)c1. The van der Waals surface area contributed by atoms with Crippen LogP contribution in [0, 0.1) is 19.8 Å². The molecule has 76 valence electrons. The second kappa shape index (κ2) is 3.93. The van der Waals surface area contributed by atoms with Gasteiger partial charge in [-0.05, 0) is 42.6 Å². The fraction of sp³-hybridized carbons (Fsp3) is 0.583. The highest BCUT2D eigenvalue weighted by atomic mass is 32.2. The summed E-state index contributed by atoms with van der Waals surface area (Å²) in [5.74, 6) is 4.11. The first kappa shape index (κ1) is 10.0. The Balaban J connectivity index is 2.34. The minimum Gasteiger partial charge on any atom is -0.261 e. The third kappa shape index (κ3) is 1.81. The van der Waals surface area contributed by atoms with Gasteiger partial charge in [0.15, 0.2) is 0 Å². The first-order valence-electron chi connectivity index (χ1n) is 5.19. The molecule has 2 heterocycles. The molecule has 1 aromatic heterocycles. The van der Waals surface area contributed by atoms with Crippen LogP contribution < -0.4 is 0 Å². The monoisotopic (exact) mass is 207 g/mol. The van der Waals surface area contributed by atoms with Crippen molar-refractivity contribution >= 4 is 11.8 Å². The highest BCUT2D eigenvalue weighted by Crippen LogP contribution is 2.38. The molecule has 1 saturated heterocycles. The second-order valence-corrected chi connectivity index (χ2v) is 5.38. The van der Waals surface area contributed by atoms with Crippen LogP contribution in [0.5, 0.6) is 0 Å². The van der Waals surface area contributed by atoms with Crippen molar-refractivity contribution in [1.82, 2.24) is 4.98 Å². The molecule has 1 unspecified atom stereocenters. The fourth-order valence-electron chi connectivity index (χ4n) is 2.09. The van der Waals surface area contributed by atoms with Crippen molar-refractivity contribution in [3.63, 3.8) is 0 Å². The second-order valence-electron chi connectivity index (χ2n) is 4.31. The quantitative estimate of drug-likeness (QED) is 0.701. The van der Waals surface area contributed by atoms with Crippen LogP contribution in [0.1, 0.15) is 29.7 Å². The number of pyridine rings is 1. The molecule has 14 heavy (non-hydrogen) atoms. The molecule has 0 aliphatic carbocycles. The molecule has 2 heteroatoms. The Hall–Kier alpha value is -0.500. The zero-order valence-corrected chi connectivity index (χ0v) is 9.90. The lowest BCUT2D eigenvalue weighted by atomic mass is 9.89. The summed E-state index contributed by atoms with van der Waals surface area (Å²) in [6.07, 6.45) is 1.96. The van der Waals surface area contributed by atoms with E-state index in [0.29, 0.717) is 0 Å². The van der Waals surface area contributed by atoms with Crippen LogP contribution in [-0.4, -0.2) is 16.5 Å². The van der Waals surface area contributed by atoms with Gasteiger partial charge in [0.25, 0.3) is 0 Å². The molecule has 1 aliphatic heterocycles. The van der Waals surface area contributed by atoms with Crippen LogP contribution in [0.3, 0.4) is 0 Å². The van der Waals surface area contributed by atoms with Crippen LogP contribution in [-0.2, 0) is 0 Å². The van der Waals surface area contributed by atoms with Crippen LogP contribution in [0.25, 0.3) is 0 Å². The van der Waals surface area contributed by atoms with Crippen LogP contribution in [0.2, 0.25) is 0 Å². The Morgan fingerprint density at radius 3 is 2.79 bits per heavy atom. The van der Waals surface area contributed by atoms with Crippen LogP contribution >= 0.6 is 11.8 Å². The van der Waals surface area contributed by atoms with Gasteiger partial charge in [-0.2, -0.15) is 11.8 Å². The van der Waals surface area contributed by atoms with Crippen molar-refractivity contribution < 1.29 is 0 Å². The number of aromatic nitrogens is 1. The van der Waals surface area contributed by atoms with E-state index in [4.69, 9.17) is 0 Å². The lowest BCUT2D eigenvalue weighted by molar-refractivity contribution is 0.569. The average Bonchev–Trinajstić information content (AvgIpc) is 2.56. The first-order chi connectivity index (χ1) is 6.68. The van der Waals surface area contributed by atoms with Gasteiger partial charge in [-0.3, -0.25) is 4.98 Å². The molecule has 1 aromatic rings. The molecule has 1 aliphatic rings. The van der Waals surface area contributed by atoms with E-state index in [2.05, 4.69) is 43.6 Å². The maximum atomic E-state index is 4.45. The van der Waals surface area contributed by atoms with E-state index in [-0.39, 0.29) is 0 Å². The number of thioether (sulfide) groups is 1. The zero-order chi connectivity index (χ0) is 10.1. The van der Waals surface area contributed by atoms with Gasteiger partial charge in [-0.15, -0.1) is 0 Å². The van der Waals surface area contributed by atoms with Crippen molar-refractivity contribution in [3.05, 3.63) is 29.1 Å². The standard InChI is InChI=1S/C12H17NS/c1-8-4-11(10(3)13-5-8)12-7-14-6-9(12)2/h4-5,9,12H,6-7H2,1-3H3/t9-,12?/m1/s1. The lowest BCUT2D eigenvalue weighted by Crippen LogP contribution is -2.09. The Labute approximate surface area is 90.3 Å². The minimum atomic E-state index is 0.729. The van der Waals surface area contributed by atoms with Gasteiger partial charge < -0.3 is 0 Å². The molecule has 0 radical (unpaired) electrons. The smallest absolute Gasteiger partial charge is 0.0408 e. The molecule has 1 fully saturated rings. The van der Waals surface area contributed by atoms with Crippen LogP contribution in [0.15, 0.2) is 12.3 Å². The molecule has 0 N–H and O–H groups in total. The van der Waals surface area contributed by atoms with Gasteiger partial charge in [0.05, 0.1) is 0 Å². The molecule has 1 nitrogen and oxygen atoms in total. The summed E-state index contributed by atoms with van der Waals surface area (Å²) in [7, 11) is 0. The van der Waals surface area contributed by atoms with E-state index in [0.717, 1.165) is 11.8 Å². The molecule has 2 atom stereocenters. The van der Waals surface area contributed by atoms with Crippen molar-refractivity contribution in [3.8, 4) is 0 Å². The summed E-state index contributed by atoms with van der Waals surface area (Å²) in [5.41, 5.74) is 3.98. The van der Waals surface area contributed by atoms with E-state index in [9.17, 15) is 0 Å². The fourth-order valence-corrected chi connectivity index (χ4v) is 3.60. The van der Waals surface area contributed by atoms with Crippen molar-refractivity contribution in [1.29, 1.82) is 0 Å². The normalized spacial score (nSPS) is 26.8. The first-order valence-corrected chi connectivity index (χ1v) is 6.35. The predicted octanol–water partition coefficient (Wildman–Crippen LogP) is 3.16. The number of aryl methyl sites for hydroxylation is 2. The van der Waals surface area contributed by atoms with Gasteiger partial charge in [0, 0.05) is 17.6 Å². The maximum Gasteiger partial charge on any atom is 0.0408 e. The van der Waals surface area contributed by atoms with Crippen molar-refractivity contribution in [2.75, 3.05) is 11.5 Å². The summed E-state index contributed by atoms with van der Waals surface area (Å²) in [5, 5.41) is 0. The number of hydrogen-bond acceptors (Lipinski definition) is 2. The number of rotatable bonds is 1. The Morgan fingerprint density at radius 1 is 1.36 bits per heavy atom. The van der Waals surface area contributed by atoms with Crippen LogP contribution in [0.4, 0.5) is 0 Å². The molecule has 0 saturated carbocycles. The molecular weight excluding hydrogens is 190 g/mol. The molecular formula is C12H17NS. The summed E-state index contributed by atoms with van der Waals surface area (Å²) in [6.45, 7) is 6.61. The molecule has 2 rings (SSSR count).